The van der Waals surface area contributed by atoms with Crippen molar-refractivity contribution in [3.63, 3.8) is 0 Å². The number of nitro benzene ring substituents is 1. The fraction of sp³-hybridized carbons (Fsp3) is 0.600. The molecule has 3 atom stereocenters. The van der Waals surface area contributed by atoms with E-state index in [4.69, 9.17) is 4.74 Å². The monoisotopic (exact) mass is 278 g/mol. The number of nitro groups is 1. The van der Waals surface area contributed by atoms with Crippen molar-refractivity contribution in [1.82, 2.24) is 5.32 Å². The Morgan fingerprint density at radius 2 is 2.25 bits per heavy atom. The van der Waals surface area contributed by atoms with Crippen LogP contribution in [0, 0.1) is 22.5 Å². The highest BCUT2D eigenvalue weighted by molar-refractivity contribution is 5.52. The zero-order valence-corrected chi connectivity index (χ0v) is 12.5. The minimum absolute atomic E-state index is 0.0189. The number of aryl methyl sites for hydroxylation is 1. The molecule has 1 aromatic carbocycles. The van der Waals surface area contributed by atoms with E-state index in [0.717, 1.165) is 12.8 Å². The molecule has 0 amide bonds. The highest BCUT2D eigenvalue weighted by Crippen LogP contribution is 2.47. The van der Waals surface area contributed by atoms with Crippen LogP contribution < -0.4 is 10.1 Å². The van der Waals surface area contributed by atoms with Gasteiger partial charge in [0.15, 0.2) is 5.75 Å². The van der Waals surface area contributed by atoms with Crippen molar-refractivity contribution >= 4 is 5.69 Å². The van der Waals surface area contributed by atoms with Crippen molar-refractivity contribution < 1.29 is 9.66 Å². The molecule has 5 nitrogen and oxygen atoms in total. The van der Waals surface area contributed by atoms with E-state index in [1.807, 2.05) is 7.05 Å². The molecule has 0 spiro atoms. The van der Waals surface area contributed by atoms with E-state index >= 15 is 0 Å². The third-order valence-electron chi connectivity index (χ3n) is 4.74. The maximum Gasteiger partial charge on any atom is 0.313 e. The van der Waals surface area contributed by atoms with Crippen LogP contribution in [-0.4, -0.2) is 24.1 Å². The fourth-order valence-corrected chi connectivity index (χ4v) is 3.04. The lowest BCUT2D eigenvalue weighted by molar-refractivity contribution is -0.386. The summed E-state index contributed by atoms with van der Waals surface area (Å²) in [6.45, 7) is 6.04. The topological polar surface area (TPSA) is 64.4 Å². The number of hydrogen-bond acceptors (Lipinski definition) is 4. The van der Waals surface area contributed by atoms with Crippen molar-refractivity contribution in [2.45, 2.75) is 45.8 Å². The lowest BCUT2D eigenvalue weighted by Crippen LogP contribution is -2.62. The first-order valence-corrected chi connectivity index (χ1v) is 7.02. The third-order valence-corrected chi connectivity index (χ3v) is 4.74. The van der Waals surface area contributed by atoms with E-state index in [-0.39, 0.29) is 22.1 Å². The van der Waals surface area contributed by atoms with Crippen molar-refractivity contribution in [1.29, 1.82) is 0 Å². The van der Waals surface area contributed by atoms with Crippen LogP contribution in [0.2, 0.25) is 0 Å². The standard InChI is InChI=1S/C15H22N2O3/c1-5-15(3)12(16-4)9-13(15)20-11-8-6-7-10(2)14(11)17(18)19/h6-8,12-13,16H,5,9H2,1-4H3. The third kappa shape index (κ3) is 2.26. The molecule has 20 heavy (non-hydrogen) atoms. The van der Waals surface area contributed by atoms with Gasteiger partial charge < -0.3 is 10.1 Å². The number of ether oxygens (including phenoxy) is 1. The highest BCUT2D eigenvalue weighted by atomic mass is 16.6. The zero-order valence-electron chi connectivity index (χ0n) is 12.5. The molecule has 1 N–H and O–H groups in total. The number of hydrogen-bond donors (Lipinski definition) is 1. The van der Waals surface area contributed by atoms with E-state index in [1.54, 1.807) is 25.1 Å². The van der Waals surface area contributed by atoms with Gasteiger partial charge in [-0.25, -0.2) is 0 Å². The molecular weight excluding hydrogens is 256 g/mol. The zero-order chi connectivity index (χ0) is 14.9. The molecule has 110 valence electrons. The molecule has 0 radical (unpaired) electrons. The van der Waals surface area contributed by atoms with Gasteiger partial charge in [-0.3, -0.25) is 10.1 Å². The van der Waals surface area contributed by atoms with Crippen LogP contribution in [0.25, 0.3) is 0 Å². The lowest BCUT2D eigenvalue weighted by Gasteiger charge is -2.53. The minimum Gasteiger partial charge on any atom is -0.483 e. The molecule has 1 aliphatic rings. The van der Waals surface area contributed by atoms with E-state index in [0.29, 0.717) is 17.4 Å². The van der Waals surface area contributed by atoms with Gasteiger partial charge in [-0.05, 0) is 26.5 Å². The van der Waals surface area contributed by atoms with Crippen molar-refractivity contribution in [2.24, 2.45) is 5.41 Å². The summed E-state index contributed by atoms with van der Waals surface area (Å²) >= 11 is 0. The van der Waals surface area contributed by atoms with Gasteiger partial charge in [-0.1, -0.05) is 26.0 Å². The second-order valence-electron chi connectivity index (χ2n) is 5.72. The Kier molecular flexibility index (Phi) is 3.99. The van der Waals surface area contributed by atoms with Gasteiger partial charge in [-0.15, -0.1) is 0 Å². The summed E-state index contributed by atoms with van der Waals surface area (Å²) in [6.07, 6.45) is 1.87. The summed E-state index contributed by atoms with van der Waals surface area (Å²) < 4.78 is 5.98. The summed E-state index contributed by atoms with van der Waals surface area (Å²) in [6, 6.07) is 5.63. The van der Waals surface area contributed by atoms with E-state index in [1.165, 1.54) is 0 Å². The lowest BCUT2D eigenvalue weighted by atomic mass is 9.61. The largest absolute Gasteiger partial charge is 0.483 e. The predicted molar refractivity (Wildman–Crippen MR) is 78.1 cm³/mol. The molecule has 1 fully saturated rings. The average Bonchev–Trinajstić information content (AvgIpc) is 2.41. The molecule has 1 aromatic rings. The van der Waals surface area contributed by atoms with E-state index in [9.17, 15) is 10.1 Å². The molecule has 1 saturated carbocycles. The summed E-state index contributed by atoms with van der Waals surface area (Å²) in [5, 5.41) is 14.5. The maximum atomic E-state index is 11.2. The second-order valence-corrected chi connectivity index (χ2v) is 5.72. The summed E-state index contributed by atoms with van der Waals surface area (Å²) in [5.74, 6) is 0.384. The van der Waals surface area contributed by atoms with Crippen LogP contribution in [0.5, 0.6) is 5.75 Å². The molecule has 2 rings (SSSR count). The smallest absolute Gasteiger partial charge is 0.313 e. The number of nitrogens with one attached hydrogen (secondary N) is 1. The summed E-state index contributed by atoms with van der Waals surface area (Å²) in [7, 11) is 1.95. The fourth-order valence-electron chi connectivity index (χ4n) is 3.04. The Labute approximate surface area is 119 Å². The second kappa shape index (κ2) is 5.40. The van der Waals surface area contributed by atoms with Crippen LogP contribution >= 0.6 is 0 Å². The van der Waals surface area contributed by atoms with Gasteiger partial charge >= 0.3 is 5.69 Å². The van der Waals surface area contributed by atoms with Gasteiger partial charge in [0.05, 0.1) is 4.92 Å². The predicted octanol–water partition coefficient (Wildman–Crippen LogP) is 3.06. The van der Waals surface area contributed by atoms with E-state index < -0.39 is 0 Å². The normalized spacial score (nSPS) is 28.8. The Hall–Kier alpha value is -1.62. The quantitative estimate of drug-likeness (QED) is 0.664. The molecule has 0 saturated heterocycles. The molecule has 1 aliphatic carbocycles. The molecular formula is C15H22N2O3. The van der Waals surface area contributed by atoms with Gasteiger partial charge in [0.1, 0.15) is 6.10 Å². The van der Waals surface area contributed by atoms with E-state index in [2.05, 4.69) is 19.2 Å². The summed E-state index contributed by atoms with van der Waals surface area (Å²) in [5.41, 5.74) is 0.737. The number of para-hydroxylation sites is 1. The SMILES string of the molecule is CCC1(C)C(NC)CC1Oc1cccc(C)c1[N+](=O)[O-]. The Morgan fingerprint density at radius 1 is 1.55 bits per heavy atom. The van der Waals surface area contributed by atoms with Gasteiger partial charge in [0, 0.05) is 23.4 Å². The molecule has 0 aromatic heterocycles. The van der Waals surface area contributed by atoms with Crippen LogP contribution in [0.4, 0.5) is 5.69 Å². The van der Waals surface area contributed by atoms with Crippen LogP contribution in [0.15, 0.2) is 18.2 Å². The van der Waals surface area contributed by atoms with Gasteiger partial charge in [-0.2, -0.15) is 0 Å². The molecule has 0 heterocycles. The van der Waals surface area contributed by atoms with Crippen molar-refractivity contribution in [3.05, 3.63) is 33.9 Å². The Balaban J connectivity index is 2.24. The summed E-state index contributed by atoms with van der Waals surface area (Å²) in [4.78, 5) is 10.8. The molecule has 0 bridgehead atoms. The molecule has 0 aliphatic heterocycles. The minimum atomic E-state index is -0.359. The van der Waals surface area contributed by atoms with Crippen LogP contribution in [0.1, 0.15) is 32.3 Å². The molecule has 5 heteroatoms. The molecule has 3 unspecified atom stereocenters. The van der Waals surface area contributed by atoms with Crippen LogP contribution in [-0.2, 0) is 0 Å². The first-order valence-electron chi connectivity index (χ1n) is 7.02. The first kappa shape index (κ1) is 14.8. The maximum absolute atomic E-state index is 11.2. The Bertz CT molecular complexity index is 518. The first-order chi connectivity index (χ1) is 9.43. The van der Waals surface area contributed by atoms with Crippen molar-refractivity contribution in [2.75, 3.05) is 7.05 Å². The highest BCUT2D eigenvalue weighted by Gasteiger charge is 2.51. The number of rotatable bonds is 5. The average molecular weight is 278 g/mol. The van der Waals surface area contributed by atoms with Crippen LogP contribution in [0.3, 0.4) is 0 Å². The van der Waals surface area contributed by atoms with Gasteiger partial charge in [0.2, 0.25) is 0 Å². The Morgan fingerprint density at radius 3 is 2.80 bits per heavy atom. The number of nitrogens with zero attached hydrogens (tertiary/aromatic N) is 1. The van der Waals surface area contributed by atoms with Crippen molar-refractivity contribution in [3.8, 4) is 5.75 Å². The number of benzene rings is 1. The van der Waals surface area contributed by atoms with Gasteiger partial charge in [0.25, 0.3) is 0 Å².